The van der Waals surface area contributed by atoms with E-state index in [1.54, 1.807) is 13.8 Å². The molecule has 1 aliphatic rings. The van der Waals surface area contributed by atoms with Crippen LogP contribution in [0.2, 0.25) is 0 Å². The van der Waals surface area contributed by atoms with Gasteiger partial charge >= 0.3 is 5.97 Å². The first-order valence-corrected chi connectivity index (χ1v) is 7.77. The zero-order valence-electron chi connectivity index (χ0n) is 11.9. The quantitative estimate of drug-likeness (QED) is 0.675. The van der Waals surface area contributed by atoms with E-state index in [-0.39, 0.29) is 5.56 Å². The molecule has 0 spiro atoms. The van der Waals surface area contributed by atoms with E-state index in [2.05, 4.69) is 19.5 Å². The minimum atomic E-state index is -0.981. The third-order valence-corrected chi connectivity index (χ3v) is 4.43. The van der Waals surface area contributed by atoms with Gasteiger partial charge in [0.25, 0.3) is 0 Å². The highest BCUT2D eigenvalue weighted by molar-refractivity contribution is 7.98. The second kappa shape index (κ2) is 5.48. The monoisotopic (exact) mass is 304 g/mol. The van der Waals surface area contributed by atoms with Crippen molar-refractivity contribution in [3.05, 3.63) is 35.3 Å². The van der Waals surface area contributed by atoms with Crippen molar-refractivity contribution in [3.63, 3.8) is 0 Å². The first-order chi connectivity index (χ1) is 10.1. The van der Waals surface area contributed by atoms with E-state index >= 15 is 0 Å². The smallest absolute Gasteiger partial charge is 0.340 e. The summed E-state index contributed by atoms with van der Waals surface area (Å²) in [7, 11) is 0. The van der Waals surface area contributed by atoms with Crippen molar-refractivity contribution in [3.8, 4) is 0 Å². The van der Waals surface area contributed by atoms with Crippen LogP contribution in [0.15, 0.2) is 17.6 Å². The van der Waals surface area contributed by atoms with Gasteiger partial charge in [-0.25, -0.2) is 19.7 Å². The molecule has 0 atom stereocenters. The lowest BCUT2D eigenvalue weighted by atomic mass is 10.2. The van der Waals surface area contributed by atoms with Crippen molar-refractivity contribution < 1.29 is 9.90 Å². The molecular weight excluding hydrogens is 288 g/mol. The van der Waals surface area contributed by atoms with E-state index in [9.17, 15) is 9.90 Å². The van der Waals surface area contributed by atoms with Crippen LogP contribution in [0.5, 0.6) is 0 Å². The second-order valence-electron chi connectivity index (χ2n) is 5.15. The summed E-state index contributed by atoms with van der Waals surface area (Å²) >= 11 is 1.43. The lowest BCUT2D eigenvalue weighted by Crippen LogP contribution is -2.08. The Morgan fingerprint density at radius 1 is 1.43 bits per heavy atom. The Balaban J connectivity index is 1.84. The van der Waals surface area contributed by atoms with Gasteiger partial charge in [-0.2, -0.15) is 0 Å². The molecule has 0 aliphatic heterocycles. The topological polar surface area (TPSA) is 80.9 Å². The van der Waals surface area contributed by atoms with Gasteiger partial charge in [-0.3, -0.25) is 0 Å². The van der Waals surface area contributed by atoms with Gasteiger partial charge in [0.05, 0.1) is 12.0 Å². The van der Waals surface area contributed by atoms with Crippen LogP contribution in [-0.2, 0) is 5.75 Å². The molecular formula is C14H16N4O2S. The summed E-state index contributed by atoms with van der Waals surface area (Å²) in [6.07, 6.45) is 6.08. The average Bonchev–Trinajstić information content (AvgIpc) is 3.14. The average molecular weight is 304 g/mol. The van der Waals surface area contributed by atoms with Crippen LogP contribution in [0.4, 0.5) is 0 Å². The van der Waals surface area contributed by atoms with Gasteiger partial charge in [0.2, 0.25) is 0 Å². The summed E-state index contributed by atoms with van der Waals surface area (Å²) in [5.74, 6) is 0.272. The zero-order chi connectivity index (χ0) is 15.0. The minimum absolute atomic E-state index is 0.197. The molecule has 110 valence electrons. The molecule has 0 amide bonds. The van der Waals surface area contributed by atoms with Crippen LogP contribution in [0.1, 0.15) is 46.5 Å². The predicted octanol–water partition coefficient (Wildman–Crippen LogP) is 2.62. The molecule has 0 bridgehead atoms. The standard InChI is InChI=1S/C14H16N4O2S/c1-8-12(14(19)20)13(17-9(2)16-8)21-6-11-5-15-7-18(11)10-3-4-10/h5,7,10H,3-4,6H2,1-2H3,(H,19,20). The van der Waals surface area contributed by atoms with Crippen molar-refractivity contribution in [1.29, 1.82) is 0 Å². The minimum Gasteiger partial charge on any atom is -0.478 e. The molecule has 1 N–H and O–H groups in total. The van der Waals surface area contributed by atoms with E-state index in [1.807, 2.05) is 12.5 Å². The fourth-order valence-electron chi connectivity index (χ4n) is 2.30. The summed E-state index contributed by atoms with van der Waals surface area (Å²) < 4.78 is 2.17. The molecule has 1 aliphatic carbocycles. The van der Waals surface area contributed by atoms with Gasteiger partial charge in [0.1, 0.15) is 16.4 Å². The number of carbonyl (C=O) groups is 1. The van der Waals surface area contributed by atoms with E-state index in [4.69, 9.17) is 0 Å². The number of hydrogen-bond acceptors (Lipinski definition) is 5. The van der Waals surface area contributed by atoms with Crippen LogP contribution < -0.4 is 0 Å². The Kier molecular flexibility index (Phi) is 3.67. The van der Waals surface area contributed by atoms with E-state index in [1.165, 1.54) is 24.6 Å². The van der Waals surface area contributed by atoms with Crippen LogP contribution >= 0.6 is 11.8 Å². The highest BCUT2D eigenvalue weighted by atomic mass is 32.2. The Bertz CT molecular complexity index is 694. The number of carboxylic acids is 1. The van der Waals surface area contributed by atoms with E-state index in [0.717, 1.165) is 5.69 Å². The fourth-order valence-corrected chi connectivity index (χ4v) is 3.38. The van der Waals surface area contributed by atoms with Crippen LogP contribution in [-0.4, -0.2) is 30.6 Å². The maximum absolute atomic E-state index is 11.4. The molecule has 2 aromatic heterocycles. The molecule has 0 saturated heterocycles. The van der Waals surface area contributed by atoms with Gasteiger partial charge in [-0.05, 0) is 26.7 Å². The Morgan fingerprint density at radius 3 is 2.86 bits per heavy atom. The molecule has 21 heavy (non-hydrogen) atoms. The summed E-state index contributed by atoms with van der Waals surface area (Å²) in [5.41, 5.74) is 1.81. The third kappa shape index (κ3) is 2.92. The number of aromatic carboxylic acids is 1. The molecule has 1 saturated carbocycles. The largest absolute Gasteiger partial charge is 0.478 e. The number of imidazole rings is 1. The zero-order valence-corrected chi connectivity index (χ0v) is 12.7. The molecule has 1 fully saturated rings. The van der Waals surface area contributed by atoms with E-state index < -0.39 is 5.97 Å². The van der Waals surface area contributed by atoms with Crippen molar-refractivity contribution in [2.24, 2.45) is 0 Å². The van der Waals surface area contributed by atoms with Crippen molar-refractivity contribution in [2.45, 2.75) is 43.5 Å². The highest BCUT2D eigenvalue weighted by Crippen LogP contribution is 2.37. The molecule has 0 unspecified atom stereocenters. The third-order valence-electron chi connectivity index (χ3n) is 3.43. The summed E-state index contributed by atoms with van der Waals surface area (Å²) in [4.78, 5) is 24.0. The van der Waals surface area contributed by atoms with Crippen molar-refractivity contribution in [2.75, 3.05) is 0 Å². The van der Waals surface area contributed by atoms with Crippen molar-refractivity contribution in [1.82, 2.24) is 19.5 Å². The number of aryl methyl sites for hydroxylation is 2. The first kappa shape index (κ1) is 14.1. The summed E-state index contributed by atoms with van der Waals surface area (Å²) in [5, 5.41) is 9.86. The van der Waals surface area contributed by atoms with Gasteiger partial charge in [0, 0.05) is 23.7 Å². The lowest BCUT2D eigenvalue weighted by molar-refractivity contribution is 0.0690. The van der Waals surface area contributed by atoms with Gasteiger partial charge in [0.15, 0.2) is 0 Å². The normalized spacial score (nSPS) is 14.4. The van der Waals surface area contributed by atoms with Gasteiger partial charge in [-0.15, -0.1) is 0 Å². The summed E-state index contributed by atoms with van der Waals surface area (Å²) in [6.45, 7) is 3.48. The van der Waals surface area contributed by atoms with Gasteiger partial charge in [-0.1, -0.05) is 11.8 Å². The molecule has 0 aromatic carbocycles. The molecule has 2 aromatic rings. The first-order valence-electron chi connectivity index (χ1n) is 6.78. The molecule has 0 radical (unpaired) electrons. The number of rotatable bonds is 5. The molecule has 2 heterocycles. The number of hydrogen-bond donors (Lipinski definition) is 1. The Hall–Kier alpha value is -1.89. The van der Waals surface area contributed by atoms with Crippen LogP contribution in [0, 0.1) is 13.8 Å². The molecule has 7 heteroatoms. The lowest BCUT2D eigenvalue weighted by Gasteiger charge is -2.09. The molecule has 6 nitrogen and oxygen atoms in total. The Morgan fingerprint density at radius 2 is 2.19 bits per heavy atom. The highest BCUT2D eigenvalue weighted by Gasteiger charge is 2.25. The number of carboxylic acid groups (broad SMARTS) is 1. The number of nitrogens with zero attached hydrogens (tertiary/aromatic N) is 4. The Labute approximate surface area is 126 Å². The fraction of sp³-hybridized carbons (Fsp3) is 0.429. The van der Waals surface area contributed by atoms with Crippen molar-refractivity contribution >= 4 is 17.7 Å². The van der Waals surface area contributed by atoms with Gasteiger partial charge < -0.3 is 9.67 Å². The predicted molar refractivity (Wildman–Crippen MR) is 78.5 cm³/mol. The van der Waals surface area contributed by atoms with E-state index in [0.29, 0.717) is 28.3 Å². The molecule has 3 rings (SSSR count). The van der Waals surface area contributed by atoms with Crippen LogP contribution in [0.3, 0.4) is 0 Å². The maximum atomic E-state index is 11.4. The summed E-state index contributed by atoms with van der Waals surface area (Å²) in [6, 6.07) is 0.566. The number of thioether (sulfide) groups is 1. The SMILES string of the molecule is Cc1nc(C)c(C(=O)O)c(SCc2cncn2C2CC2)n1. The second-order valence-corrected chi connectivity index (χ2v) is 6.12. The van der Waals surface area contributed by atoms with Crippen LogP contribution in [0.25, 0.3) is 0 Å². The maximum Gasteiger partial charge on any atom is 0.340 e. The number of aromatic nitrogens is 4.